The number of hydrogen-bond donors (Lipinski definition) is 2. The van der Waals surface area contributed by atoms with Gasteiger partial charge in [0.1, 0.15) is 12.4 Å². The summed E-state index contributed by atoms with van der Waals surface area (Å²) in [4.78, 5) is 15.8. The Morgan fingerprint density at radius 3 is 2.91 bits per heavy atom. The molecule has 0 aliphatic rings. The molecule has 0 radical (unpaired) electrons. The van der Waals surface area contributed by atoms with Crippen molar-refractivity contribution < 1.29 is 9.53 Å². The predicted octanol–water partition coefficient (Wildman–Crippen LogP) is 3.10. The molecule has 5 nitrogen and oxygen atoms in total. The van der Waals surface area contributed by atoms with Gasteiger partial charge >= 0.3 is 6.03 Å². The average molecular weight is 301 g/mol. The zero-order valence-electron chi connectivity index (χ0n) is 13.0. The normalized spacial score (nSPS) is 10.4. The maximum Gasteiger partial charge on any atom is 0.314 e. The van der Waals surface area contributed by atoms with Crippen LogP contribution < -0.4 is 15.4 Å². The van der Waals surface area contributed by atoms with Crippen LogP contribution in [0.1, 0.15) is 26.2 Å². The van der Waals surface area contributed by atoms with Crippen molar-refractivity contribution in [3.8, 4) is 5.75 Å². The van der Waals surface area contributed by atoms with Crippen LogP contribution in [0.25, 0.3) is 10.9 Å². The Morgan fingerprint density at radius 2 is 2.05 bits per heavy atom. The van der Waals surface area contributed by atoms with Crippen LogP contribution in [-0.4, -0.2) is 30.7 Å². The minimum atomic E-state index is -0.137. The third-order valence-electron chi connectivity index (χ3n) is 3.30. The number of nitrogens with zero attached hydrogens (tertiary/aromatic N) is 1. The molecule has 0 fully saturated rings. The van der Waals surface area contributed by atoms with Crippen LogP contribution in [0.3, 0.4) is 0 Å². The first-order valence-electron chi connectivity index (χ1n) is 7.79. The van der Waals surface area contributed by atoms with Gasteiger partial charge in [0.05, 0.1) is 12.1 Å². The summed E-state index contributed by atoms with van der Waals surface area (Å²) in [5, 5.41) is 6.65. The first-order chi connectivity index (χ1) is 10.8. The van der Waals surface area contributed by atoms with E-state index in [0.29, 0.717) is 13.2 Å². The van der Waals surface area contributed by atoms with Gasteiger partial charge in [-0.05, 0) is 30.7 Å². The zero-order valence-corrected chi connectivity index (χ0v) is 13.0. The highest BCUT2D eigenvalue weighted by Crippen LogP contribution is 2.18. The number of hydrogen-bond acceptors (Lipinski definition) is 3. The summed E-state index contributed by atoms with van der Waals surface area (Å²) in [7, 11) is 0. The van der Waals surface area contributed by atoms with Gasteiger partial charge in [0.25, 0.3) is 0 Å². The first kappa shape index (κ1) is 16.1. The lowest BCUT2D eigenvalue weighted by Gasteiger charge is -2.09. The highest BCUT2D eigenvalue weighted by atomic mass is 16.5. The van der Waals surface area contributed by atoms with Crippen molar-refractivity contribution in [3.63, 3.8) is 0 Å². The largest absolute Gasteiger partial charge is 0.492 e. The van der Waals surface area contributed by atoms with Gasteiger partial charge in [0.2, 0.25) is 0 Å². The number of fused-ring (bicyclic) bond motifs is 1. The van der Waals surface area contributed by atoms with Gasteiger partial charge in [-0.3, -0.25) is 4.98 Å². The van der Waals surface area contributed by atoms with Crippen LogP contribution in [0, 0.1) is 0 Å². The van der Waals surface area contributed by atoms with Crippen molar-refractivity contribution >= 4 is 16.9 Å². The Bertz CT molecular complexity index is 601. The van der Waals surface area contributed by atoms with E-state index in [0.717, 1.165) is 42.5 Å². The second kappa shape index (κ2) is 8.87. The Balaban J connectivity index is 1.66. The summed E-state index contributed by atoms with van der Waals surface area (Å²) in [5.74, 6) is 0.783. The molecular formula is C17H23N3O2. The summed E-state index contributed by atoms with van der Waals surface area (Å²) in [5.41, 5.74) is 0.944. The number of urea groups is 1. The molecule has 0 saturated carbocycles. The van der Waals surface area contributed by atoms with Crippen LogP contribution in [0.15, 0.2) is 36.5 Å². The van der Waals surface area contributed by atoms with Gasteiger partial charge in [-0.1, -0.05) is 25.8 Å². The van der Waals surface area contributed by atoms with Gasteiger partial charge in [0.15, 0.2) is 0 Å². The topological polar surface area (TPSA) is 63.2 Å². The number of benzene rings is 1. The molecule has 2 aromatic rings. The van der Waals surface area contributed by atoms with E-state index >= 15 is 0 Å². The number of rotatable bonds is 8. The lowest BCUT2D eigenvalue weighted by molar-refractivity contribution is 0.236. The van der Waals surface area contributed by atoms with E-state index in [4.69, 9.17) is 4.74 Å². The van der Waals surface area contributed by atoms with Crippen molar-refractivity contribution in [2.24, 2.45) is 0 Å². The van der Waals surface area contributed by atoms with Crippen LogP contribution in [0.2, 0.25) is 0 Å². The fraction of sp³-hybridized carbons (Fsp3) is 0.412. The number of amides is 2. The molecule has 0 atom stereocenters. The summed E-state index contributed by atoms with van der Waals surface area (Å²) in [6.45, 7) is 3.78. The summed E-state index contributed by atoms with van der Waals surface area (Å²) >= 11 is 0. The van der Waals surface area contributed by atoms with E-state index in [-0.39, 0.29) is 6.03 Å². The molecule has 2 N–H and O–H groups in total. The Labute approximate surface area is 131 Å². The maximum absolute atomic E-state index is 11.5. The Morgan fingerprint density at radius 1 is 1.18 bits per heavy atom. The molecule has 0 aliphatic heterocycles. The van der Waals surface area contributed by atoms with Gasteiger partial charge in [-0.15, -0.1) is 0 Å². The van der Waals surface area contributed by atoms with Crippen molar-refractivity contribution in [2.45, 2.75) is 26.2 Å². The number of unbranched alkanes of at least 4 members (excludes halogenated alkanes) is 2. The first-order valence-corrected chi connectivity index (χ1v) is 7.79. The molecule has 0 bridgehead atoms. The Hall–Kier alpha value is -2.30. The fourth-order valence-corrected chi connectivity index (χ4v) is 2.12. The molecule has 118 valence electrons. The number of carbonyl (C=O) groups is 1. The van der Waals surface area contributed by atoms with Crippen molar-refractivity contribution in [1.29, 1.82) is 0 Å². The summed E-state index contributed by atoms with van der Waals surface area (Å²) in [6.07, 6.45) is 5.08. The zero-order chi connectivity index (χ0) is 15.6. The average Bonchev–Trinajstić information content (AvgIpc) is 2.55. The van der Waals surface area contributed by atoms with E-state index < -0.39 is 0 Å². The highest BCUT2D eigenvalue weighted by Gasteiger charge is 2.00. The molecule has 0 aliphatic carbocycles. The summed E-state index contributed by atoms with van der Waals surface area (Å²) < 4.78 is 5.64. The van der Waals surface area contributed by atoms with Gasteiger partial charge in [-0.2, -0.15) is 0 Å². The number of ether oxygens (including phenoxy) is 1. The smallest absolute Gasteiger partial charge is 0.314 e. The fourth-order valence-electron chi connectivity index (χ4n) is 2.12. The molecular weight excluding hydrogens is 278 g/mol. The second-order valence-electron chi connectivity index (χ2n) is 5.10. The molecule has 22 heavy (non-hydrogen) atoms. The molecule has 2 rings (SSSR count). The third kappa shape index (κ3) is 5.24. The quantitative estimate of drug-likeness (QED) is 0.736. The predicted molar refractivity (Wildman–Crippen MR) is 88.2 cm³/mol. The van der Waals surface area contributed by atoms with E-state index in [9.17, 15) is 4.79 Å². The molecule has 0 unspecified atom stereocenters. The van der Waals surface area contributed by atoms with Gasteiger partial charge in [-0.25, -0.2) is 4.79 Å². The lowest BCUT2D eigenvalue weighted by Crippen LogP contribution is -2.38. The molecule has 1 aromatic heterocycles. The number of carbonyl (C=O) groups excluding carboxylic acids is 1. The van der Waals surface area contributed by atoms with Crippen molar-refractivity contribution in [2.75, 3.05) is 19.7 Å². The molecule has 2 amide bonds. The number of nitrogens with one attached hydrogen (secondary N) is 2. The minimum absolute atomic E-state index is 0.137. The molecule has 1 aromatic carbocycles. The highest BCUT2D eigenvalue weighted by molar-refractivity contribution is 5.79. The van der Waals surface area contributed by atoms with E-state index in [2.05, 4.69) is 22.5 Å². The van der Waals surface area contributed by atoms with Gasteiger partial charge in [0, 0.05) is 18.1 Å². The van der Waals surface area contributed by atoms with E-state index in [1.807, 2.05) is 30.3 Å². The number of pyridine rings is 1. The molecule has 0 saturated heterocycles. The van der Waals surface area contributed by atoms with Crippen LogP contribution in [0.5, 0.6) is 5.75 Å². The third-order valence-corrected chi connectivity index (χ3v) is 3.30. The molecule has 1 heterocycles. The van der Waals surface area contributed by atoms with Crippen molar-refractivity contribution in [3.05, 3.63) is 36.5 Å². The van der Waals surface area contributed by atoms with Gasteiger partial charge < -0.3 is 15.4 Å². The van der Waals surface area contributed by atoms with E-state index in [1.165, 1.54) is 0 Å². The van der Waals surface area contributed by atoms with E-state index in [1.54, 1.807) is 6.20 Å². The van der Waals surface area contributed by atoms with Crippen LogP contribution in [0.4, 0.5) is 4.79 Å². The van der Waals surface area contributed by atoms with Crippen molar-refractivity contribution in [1.82, 2.24) is 15.6 Å². The Kier molecular flexibility index (Phi) is 6.48. The standard InChI is InChI=1S/C17H23N3O2/c1-2-3-4-9-19-17(21)20-11-12-22-15-7-8-16-14(13-15)6-5-10-18-16/h5-8,10,13H,2-4,9,11-12H2,1H3,(H2,19,20,21). The summed E-state index contributed by atoms with van der Waals surface area (Å²) in [6, 6.07) is 9.53. The number of aromatic nitrogens is 1. The monoisotopic (exact) mass is 301 g/mol. The SMILES string of the molecule is CCCCCNC(=O)NCCOc1ccc2ncccc2c1. The minimum Gasteiger partial charge on any atom is -0.492 e. The maximum atomic E-state index is 11.5. The molecule has 5 heteroatoms. The van der Waals surface area contributed by atoms with Crippen LogP contribution >= 0.6 is 0 Å². The lowest BCUT2D eigenvalue weighted by atomic mass is 10.2. The second-order valence-corrected chi connectivity index (χ2v) is 5.10. The molecule has 0 spiro atoms. The van der Waals surface area contributed by atoms with Crippen LogP contribution in [-0.2, 0) is 0 Å².